The molecule has 0 fully saturated rings. The molecule has 1 aromatic carbocycles. The van der Waals surface area contributed by atoms with Crippen molar-refractivity contribution in [3.63, 3.8) is 0 Å². The largest absolute Gasteiger partial charge is 0.502 e. The number of nitrogens with zero attached hydrogens (tertiary/aromatic N) is 1. The number of benzene rings is 1. The highest BCUT2D eigenvalue weighted by atomic mass is 19.4. The highest BCUT2D eigenvalue weighted by Gasteiger charge is 2.26. The van der Waals surface area contributed by atoms with Gasteiger partial charge in [-0.3, -0.25) is 14.9 Å². The van der Waals surface area contributed by atoms with Gasteiger partial charge in [0.2, 0.25) is 0 Å². The maximum Gasteiger partial charge on any atom is 0.390 e. The van der Waals surface area contributed by atoms with Crippen molar-refractivity contribution in [3.05, 3.63) is 33.9 Å². The van der Waals surface area contributed by atoms with Crippen LogP contribution in [0.15, 0.2) is 18.2 Å². The molecule has 9 heteroatoms. The lowest BCUT2D eigenvalue weighted by molar-refractivity contribution is -0.385. The monoisotopic (exact) mass is 278 g/mol. The standard InChI is InChI=1S/C10H9F3N2O4/c11-10(12,13)3-4-14-9(17)6-1-2-7(15(18)19)8(16)5-6/h1-2,5,16H,3-4H2,(H,14,17). The quantitative estimate of drug-likeness (QED) is 0.650. The first-order valence-corrected chi connectivity index (χ1v) is 5.03. The van der Waals surface area contributed by atoms with Crippen LogP contribution in [0.2, 0.25) is 0 Å². The smallest absolute Gasteiger partial charge is 0.390 e. The molecular formula is C10H9F3N2O4. The first kappa shape index (κ1) is 14.7. The Bertz CT molecular complexity index is 502. The number of phenolic OH excluding ortho intramolecular Hbond substituents is 1. The van der Waals surface area contributed by atoms with Crippen LogP contribution >= 0.6 is 0 Å². The summed E-state index contributed by atoms with van der Waals surface area (Å²) in [5.74, 6) is -1.58. The van der Waals surface area contributed by atoms with Crippen molar-refractivity contribution in [2.45, 2.75) is 12.6 Å². The molecule has 0 spiro atoms. The number of carbonyl (C=O) groups is 1. The molecule has 19 heavy (non-hydrogen) atoms. The van der Waals surface area contributed by atoms with Crippen LogP contribution in [0.5, 0.6) is 5.75 Å². The highest BCUT2D eigenvalue weighted by Crippen LogP contribution is 2.26. The minimum absolute atomic E-state index is 0.162. The van der Waals surface area contributed by atoms with E-state index in [1.807, 2.05) is 5.32 Å². The van der Waals surface area contributed by atoms with E-state index in [1.54, 1.807) is 0 Å². The van der Waals surface area contributed by atoms with Gasteiger partial charge in [-0.2, -0.15) is 13.2 Å². The molecule has 0 radical (unpaired) electrons. The van der Waals surface area contributed by atoms with Crippen LogP contribution in [0.1, 0.15) is 16.8 Å². The summed E-state index contributed by atoms with van der Waals surface area (Å²) in [5, 5.41) is 21.7. The van der Waals surface area contributed by atoms with Crippen LogP contribution in [0.25, 0.3) is 0 Å². The molecule has 0 aliphatic heterocycles. The maximum absolute atomic E-state index is 11.8. The molecule has 1 aromatic rings. The van der Waals surface area contributed by atoms with E-state index < -0.39 is 41.4 Å². The fourth-order valence-corrected chi connectivity index (χ4v) is 1.24. The Morgan fingerprint density at radius 2 is 2.05 bits per heavy atom. The second-order valence-corrected chi connectivity index (χ2v) is 3.58. The fraction of sp³-hybridized carbons (Fsp3) is 0.300. The number of aromatic hydroxyl groups is 1. The third-order valence-electron chi connectivity index (χ3n) is 2.13. The summed E-state index contributed by atoms with van der Waals surface area (Å²) >= 11 is 0. The number of hydrogen-bond acceptors (Lipinski definition) is 4. The molecule has 0 aliphatic carbocycles. The first-order chi connectivity index (χ1) is 8.70. The van der Waals surface area contributed by atoms with Gasteiger partial charge in [0.05, 0.1) is 11.3 Å². The molecular weight excluding hydrogens is 269 g/mol. The number of nitro groups is 1. The highest BCUT2D eigenvalue weighted by molar-refractivity contribution is 5.95. The summed E-state index contributed by atoms with van der Waals surface area (Å²) in [4.78, 5) is 21.0. The zero-order valence-corrected chi connectivity index (χ0v) is 9.40. The van der Waals surface area contributed by atoms with Crippen molar-refractivity contribution in [2.24, 2.45) is 0 Å². The van der Waals surface area contributed by atoms with Gasteiger partial charge in [0.25, 0.3) is 5.91 Å². The number of alkyl halides is 3. The number of carbonyl (C=O) groups excluding carboxylic acids is 1. The van der Waals surface area contributed by atoms with Gasteiger partial charge in [0.1, 0.15) is 0 Å². The summed E-state index contributed by atoms with van der Waals surface area (Å²) in [6, 6.07) is 2.76. The molecule has 104 valence electrons. The molecule has 0 bridgehead atoms. The summed E-state index contributed by atoms with van der Waals surface area (Å²) < 4.78 is 35.5. The molecule has 0 aromatic heterocycles. The van der Waals surface area contributed by atoms with Crippen LogP contribution in [0, 0.1) is 10.1 Å². The van der Waals surface area contributed by atoms with Crippen molar-refractivity contribution >= 4 is 11.6 Å². The lowest BCUT2D eigenvalue weighted by Gasteiger charge is -2.08. The van der Waals surface area contributed by atoms with Gasteiger partial charge in [0.15, 0.2) is 5.75 Å². The van der Waals surface area contributed by atoms with Gasteiger partial charge < -0.3 is 10.4 Å². The third kappa shape index (κ3) is 4.45. The molecule has 0 atom stereocenters. The SMILES string of the molecule is O=C(NCCC(F)(F)F)c1ccc([N+](=O)[O-])c(O)c1. The van der Waals surface area contributed by atoms with E-state index in [0.717, 1.165) is 18.2 Å². The Morgan fingerprint density at radius 3 is 2.53 bits per heavy atom. The van der Waals surface area contributed by atoms with Crippen molar-refractivity contribution in [1.82, 2.24) is 5.32 Å². The molecule has 1 amide bonds. The second-order valence-electron chi connectivity index (χ2n) is 3.58. The first-order valence-electron chi connectivity index (χ1n) is 5.03. The van der Waals surface area contributed by atoms with Crippen LogP contribution in [0.3, 0.4) is 0 Å². The zero-order chi connectivity index (χ0) is 14.6. The lowest BCUT2D eigenvalue weighted by atomic mass is 10.1. The minimum Gasteiger partial charge on any atom is -0.502 e. The number of nitro benzene ring substituents is 1. The van der Waals surface area contributed by atoms with Crippen molar-refractivity contribution < 1.29 is 28.0 Å². The van der Waals surface area contributed by atoms with Gasteiger partial charge in [-0.1, -0.05) is 0 Å². The van der Waals surface area contributed by atoms with Crippen LogP contribution in [0.4, 0.5) is 18.9 Å². The normalized spacial score (nSPS) is 11.1. The van der Waals surface area contributed by atoms with E-state index in [0.29, 0.717) is 0 Å². The fourth-order valence-electron chi connectivity index (χ4n) is 1.24. The van der Waals surface area contributed by atoms with Gasteiger partial charge in [-0.25, -0.2) is 0 Å². The topological polar surface area (TPSA) is 92.5 Å². The zero-order valence-electron chi connectivity index (χ0n) is 9.40. The molecule has 0 heterocycles. The van der Waals surface area contributed by atoms with Gasteiger partial charge >= 0.3 is 11.9 Å². The predicted octanol–water partition coefficient (Wildman–Crippen LogP) is 1.98. The Morgan fingerprint density at radius 1 is 1.42 bits per heavy atom. The molecule has 0 saturated heterocycles. The number of halogens is 3. The average molecular weight is 278 g/mol. The minimum atomic E-state index is -4.38. The summed E-state index contributed by atoms with van der Waals surface area (Å²) in [5.41, 5.74) is -0.753. The molecule has 2 N–H and O–H groups in total. The molecule has 6 nitrogen and oxygen atoms in total. The van der Waals surface area contributed by atoms with E-state index in [2.05, 4.69) is 0 Å². The van der Waals surface area contributed by atoms with E-state index in [4.69, 9.17) is 0 Å². The van der Waals surface area contributed by atoms with Crippen molar-refractivity contribution in [2.75, 3.05) is 6.54 Å². The number of hydrogen-bond donors (Lipinski definition) is 2. The van der Waals surface area contributed by atoms with Crippen molar-refractivity contribution in [1.29, 1.82) is 0 Å². The average Bonchev–Trinajstić information content (AvgIpc) is 2.26. The van der Waals surface area contributed by atoms with Crippen LogP contribution in [-0.4, -0.2) is 28.7 Å². The van der Waals surface area contributed by atoms with E-state index in [9.17, 15) is 33.2 Å². The lowest BCUT2D eigenvalue weighted by Crippen LogP contribution is -2.27. The number of rotatable bonds is 4. The molecule has 1 rings (SSSR count). The van der Waals surface area contributed by atoms with Crippen molar-refractivity contribution in [3.8, 4) is 5.75 Å². The summed E-state index contributed by atoms with van der Waals surface area (Å²) in [7, 11) is 0. The summed E-state index contributed by atoms with van der Waals surface area (Å²) in [6.45, 7) is -0.611. The Balaban J connectivity index is 2.68. The van der Waals surface area contributed by atoms with E-state index in [1.165, 1.54) is 0 Å². The van der Waals surface area contributed by atoms with Gasteiger partial charge in [0, 0.05) is 18.2 Å². The second kappa shape index (κ2) is 5.55. The summed E-state index contributed by atoms with van der Waals surface area (Å²) in [6.07, 6.45) is -5.57. The van der Waals surface area contributed by atoms with Gasteiger partial charge in [-0.05, 0) is 12.1 Å². The number of phenols is 1. The Kier molecular flexibility index (Phi) is 4.30. The third-order valence-corrected chi connectivity index (χ3v) is 2.13. The maximum atomic E-state index is 11.8. The molecule has 0 aliphatic rings. The number of amides is 1. The van der Waals surface area contributed by atoms with Crippen LogP contribution < -0.4 is 5.32 Å². The van der Waals surface area contributed by atoms with Gasteiger partial charge in [-0.15, -0.1) is 0 Å². The molecule has 0 saturated carbocycles. The Labute approximate surface area is 105 Å². The van der Waals surface area contributed by atoms with Crippen LogP contribution in [-0.2, 0) is 0 Å². The number of nitrogens with one attached hydrogen (secondary N) is 1. The Hall–Kier alpha value is -2.32. The van der Waals surface area contributed by atoms with E-state index >= 15 is 0 Å². The predicted molar refractivity (Wildman–Crippen MR) is 57.8 cm³/mol. The molecule has 0 unspecified atom stereocenters. The van der Waals surface area contributed by atoms with E-state index in [-0.39, 0.29) is 5.56 Å².